The molecular weight excluding hydrogens is 458 g/mol. The summed E-state index contributed by atoms with van der Waals surface area (Å²) >= 11 is 0. The molecule has 0 fully saturated rings. The van der Waals surface area contributed by atoms with E-state index in [1.165, 1.54) is 13.8 Å². The fourth-order valence-electron chi connectivity index (χ4n) is 4.31. The first-order valence-electron chi connectivity index (χ1n) is 11.7. The van der Waals surface area contributed by atoms with Gasteiger partial charge < -0.3 is 9.88 Å². The number of nitrogens with one attached hydrogen (secondary N) is 2. The molecular formula is C28H27N3O5. The number of fused-ring (bicyclic) bond motifs is 3. The second kappa shape index (κ2) is 10.5. The molecule has 4 aromatic rings. The first-order chi connectivity index (χ1) is 17.3. The van der Waals surface area contributed by atoms with E-state index in [9.17, 15) is 19.2 Å². The minimum absolute atomic E-state index is 0.0245. The van der Waals surface area contributed by atoms with Gasteiger partial charge in [0.15, 0.2) is 11.6 Å². The third-order valence-electron chi connectivity index (χ3n) is 6.27. The SMILES string of the molecule is CC(=O)c1ccc2c(c1)c1cc(C(C)=O)ccc1n2CCCC(=O)NCc1ccc(C(=O)NO)cc1. The van der Waals surface area contributed by atoms with Gasteiger partial charge in [-0.1, -0.05) is 12.1 Å². The van der Waals surface area contributed by atoms with Crippen molar-refractivity contribution in [2.45, 2.75) is 39.8 Å². The summed E-state index contributed by atoms with van der Waals surface area (Å²) in [6.45, 7) is 3.98. The Kier molecular flexibility index (Phi) is 7.26. The number of hydrogen-bond donors (Lipinski definition) is 3. The maximum atomic E-state index is 12.4. The largest absolute Gasteiger partial charge is 0.352 e. The van der Waals surface area contributed by atoms with Gasteiger partial charge >= 0.3 is 0 Å². The smallest absolute Gasteiger partial charge is 0.274 e. The number of aryl methyl sites for hydroxylation is 1. The first-order valence-corrected chi connectivity index (χ1v) is 11.7. The van der Waals surface area contributed by atoms with E-state index in [2.05, 4.69) is 9.88 Å². The lowest BCUT2D eigenvalue weighted by Crippen LogP contribution is -2.23. The van der Waals surface area contributed by atoms with E-state index in [0.29, 0.717) is 42.6 Å². The second-order valence-electron chi connectivity index (χ2n) is 8.75. The van der Waals surface area contributed by atoms with Crippen LogP contribution < -0.4 is 10.8 Å². The van der Waals surface area contributed by atoms with Crippen LogP contribution in [0.5, 0.6) is 0 Å². The molecule has 1 heterocycles. The van der Waals surface area contributed by atoms with Crippen molar-refractivity contribution < 1.29 is 24.4 Å². The van der Waals surface area contributed by atoms with Gasteiger partial charge in [0.05, 0.1) is 0 Å². The summed E-state index contributed by atoms with van der Waals surface area (Å²) in [4.78, 5) is 47.7. The molecule has 0 spiro atoms. The van der Waals surface area contributed by atoms with Crippen molar-refractivity contribution in [3.8, 4) is 0 Å². The molecule has 0 aliphatic rings. The standard InChI is InChI=1S/C28H27N3O5/c1-17(32)21-9-11-25-23(14-21)24-15-22(18(2)33)10-12-26(24)31(25)13-3-4-27(34)29-16-19-5-7-20(8-6-19)28(35)30-36/h5-12,14-15,36H,3-4,13,16H2,1-2H3,(H,29,34)(H,30,35). The summed E-state index contributed by atoms with van der Waals surface area (Å²) in [5.74, 6) is -0.733. The molecule has 0 aliphatic heterocycles. The average molecular weight is 486 g/mol. The quantitative estimate of drug-likeness (QED) is 0.184. The Bertz CT molecular complexity index is 1410. The Morgan fingerprint density at radius 2 is 1.31 bits per heavy atom. The zero-order valence-corrected chi connectivity index (χ0v) is 20.1. The van der Waals surface area contributed by atoms with E-state index in [-0.39, 0.29) is 17.5 Å². The molecule has 0 bridgehead atoms. The molecule has 0 aliphatic carbocycles. The number of hydroxylamine groups is 1. The summed E-state index contributed by atoms with van der Waals surface area (Å²) in [5, 5.41) is 13.4. The van der Waals surface area contributed by atoms with Crippen molar-refractivity contribution in [1.82, 2.24) is 15.4 Å². The highest BCUT2D eigenvalue weighted by Gasteiger charge is 2.14. The molecule has 1 aromatic heterocycles. The second-order valence-corrected chi connectivity index (χ2v) is 8.75. The fourth-order valence-corrected chi connectivity index (χ4v) is 4.31. The Balaban J connectivity index is 1.46. The molecule has 0 radical (unpaired) electrons. The molecule has 4 rings (SSSR count). The van der Waals surface area contributed by atoms with Crippen LogP contribution in [0.25, 0.3) is 21.8 Å². The van der Waals surface area contributed by atoms with Gasteiger partial charge in [0.1, 0.15) is 0 Å². The van der Waals surface area contributed by atoms with Crippen LogP contribution in [0.3, 0.4) is 0 Å². The minimum Gasteiger partial charge on any atom is -0.352 e. The molecule has 0 saturated heterocycles. The van der Waals surface area contributed by atoms with E-state index < -0.39 is 5.91 Å². The number of carbonyl (C=O) groups excluding carboxylic acids is 4. The van der Waals surface area contributed by atoms with Gasteiger partial charge in [-0.15, -0.1) is 0 Å². The third-order valence-corrected chi connectivity index (χ3v) is 6.27. The topological polar surface area (TPSA) is 118 Å². The number of ketones is 2. The van der Waals surface area contributed by atoms with Crippen LogP contribution in [0.1, 0.15) is 63.3 Å². The predicted molar refractivity (Wildman–Crippen MR) is 136 cm³/mol. The number of aromatic nitrogens is 1. The zero-order chi connectivity index (χ0) is 25.8. The van der Waals surface area contributed by atoms with Gasteiger partial charge in [-0.05, 0) is 74.4 Å². The molecule has 36 heavy (non-hydrogen) atoms. The van der Waals surface area contributed by atoms with E-state index >= 15 is 0 Å². The number of nitrogens with zero attached hydrogens (tertiary/aromatic N) is 1. The van der Waals surface area contributed by atoms with Crippen LogP contribution >= 0.6 is 0 Å². The Labute approximate surface area is 207 Å². The Hall–Kier alpha value is -4.30. The van der Waals surface area contributed by atoms with Gasteiger partial charge in [-0.2, -0.15) is 0 Å². The van der Waals surface area contributed by atoms with Crippen molar-refractivity contribution >= 4 is 45.2 Å². The number of carbonyl (C=O) groups is 4. The molecule has 0 unspecified atom stereocenters. The van der Waals surface area contributed by atoms with E-state index in [4.69, 9.17) is 5.21 Å². The normalized spacial score (nSPS) is 11.0. The predicted octanol–water partition coefficient (Wildman–Crippen LogP) is 4.42. The van der Waals surface area contributed by atoms with Gasteiger partial charge in [0.2, 0.25) is 5.91 Å². The molecule has 2 amide bonds. The monoisotopic (exact) mass is 485 g/mol. The summed E-state index contributed by atoms with van der Waals surface area (Å²) in [7, 11) is 0. The highest BCUT2D eigenvalue weighted by molar-refractivity contribution is 6.12. The van der Waals surface area contributed by atoms with Crippen LogP contribution in [0.15, 0.2) is 60.7 Å². The van der Waals surface area contributed by atoms with Crippen molar-refractivity contribution in [3.05, 3.63) is 82.9 Å². The van der Waals surface area contributed by atoms with Crippen LogP contribution in [0.4, 0.5) is 0 Å². The molecule has 184 valence electrons. The number of benzene rings is 3. The van der Waals surface area contributed by atoms with Gasteiger partial charge in [0.25, 0.3) is 5.91 Å². The highest BCUT2D eigenvalue weighted by atomic mass is 16.5. The molecule has 3 N–H and O–H groups in total. The van der Waals surface area contributed by atoms with Crippen molar-refractivity contribution in [2.75, 3.05) is 0 Å². The third kappa shape index (κ3) is 5.18. The number of hydrogen-bond acceptors (Lipinski definition) is 5. The van der Waals surface area contributed by atoms with E-state index in [0.717, 1.165) is 27.4 Å². The van der Waals surface area contributed by atoms with Gasteiger partial charge in [-0.25, -0.2) is 5.48 Å². The summed E-state index contributed by atoms with van der Waals surface area (Å²) in [5.41, 5.74) is 5.86. The number of rotatable bonds is 9. The Morgan fingerprint density at radius 3 is 1.81 bits per heavy atom. The van der Waals surface area contributed by atoms with Crippen LogP contribution in [-0.4, -0.2) is 33.2 Å². The average Bonchev–Trinajstić information content (AvgIpc) is 3.19. The van der Waals surface area contributed by atoms with Crippen molar-refractivity contribution in [3.63, 3.8) is 0 Å². The number of amides is 2. The molecule has 8 nitrogen and oxygen atoms in total. The minimum atomic E-state index is -0.592. The summed E-state index contributed by atoms with van der Waals surface area (Å²) < 4.78 is 2.12. The number of Topliss-reactive ketones (excluding diaryl/α,β-unsaturated/α-hetero) is 2. The summed E-state index contributed by atoms with van der Waals surface area (Å²) in [6.07, 6.45) is 0.923. The molecule has 8 heteroatoms. The van der Waals surface area contributed by atoms with Crippen molar-refractivity contribution in [1.29, 1.82) is 0 Å². The maximum absolute atomic E-state index is 12.4. The van der Waals surface area contributed by atoms with Gasteiger partial charge in [-0.3, -0.25) is 24.4 Å². The fraction of sp³-hybridized carbons (Fsp3) is 0.214. The molecule has 0 saturated carbocycles. The van der Waals surface area contributed by atoms with Gasteiger partial charge in [0, 0.05) is 58.0 Å². The van der Waals surface area contributed by atoms with E-state index in [1.54, 1.807) is 41.9 Å². The lowest BCUT2D eigenvalue weighted by atomic mass is 10.0. The van der Waals surface area contributed by atoms with E-state index in [1.807, 2.05) is 24.3 Å². The molecule has 0 atom stereocenters. The van der Waals surface area contributed by atoms with Crippen LogP contribution in [-0.2, 0) is 17.9 Å². The van der Waals surface area contributed by atoms with Crippen LogP contribution in [0, 0.1) is 0 Å². The lowest BCUT2D eigenvalue weighted by Gasteiger charge is -2.09. The first kappa shape index (κ1) is 24.8. The highest BCUT2D eigenvalue weighted by Crippen LogP contribution is 2.31. The Morgan fingerprint density at radius 1 is 0.778 bits per heavy atom. The summed E-state index contributed by atoms with van der Waals surface area (Å²) in [6, 6.07) is 17.7. The molecule has 3 aromatic carbocycles. The maximum Gasteiger partial charge on any atom is 0.274 e. The van der Waals surface area contributed by atoms with Crippen molar-refractivity contribution in [2.24, 2.45) is 0 Å². The lowest BCUT2D eigenvalue weighted by molar-refractivity contribution is -0.121. The van der Waals surface area contributed by atoms with Crippen LogP contribution in [0.2, 0.25) is 0 Å². The zero-order valence-electron chi connectivity index (χ0n) is 20.1.